The highest BCUT2D eigenvalue weighted by molar-refractivity contribution is 5.85. The van der Waals surface area contributed by atoms with Gasteiger partial charge in [-0.25, -0.2) is 0 Å². The third-order valence-electron chi connectivity index (χ3n) is 3.65. The van der Waals surface area contributed by atoms with Crippen molar-refractivity contribution in [1.29, 1.82) is 0 Å². The van der Waals surface area contributed by atoms with Gasteiger partial charge in [0.1, 0.15) is 5.75 Å². The van der Waals surface area contributed by atoms with Gasteiger partial charge in [0.15, 0.2) is 0 Å². The summed E-state index contributed by atoms with van der Waals surface area (Å²) >= 11 is 0. The minimum absolute atomic E-state index is 0. The number of nitrogens with two attached hydrogens (primary N) is 1. The zero-order valence-electron chi connectivity index (χ0n) is 10.7. The van der Waals surface area contributed by atoms with E-state index >= 15 is 0 Å². The highest BCUT2D eigenvalue weighted by atomic mass is 35.5. The summed E-state index contributed by atoms with van der Waals surface area (Å²) in [5, 5.41) is 0. The third-order valence-corrected chi connectivity index (χ3v) is 3.65. The molecule has 108 valence electrons. The van der Waals surface area contributed by atoms with Gasteiger partial charge in [0.25, 0.3) is 0 Å². The first-order valence-electron chi connectivity index (χ1n) is 6.47. The maximum atomic E-state index is 12.0. The standard InChI is InChI=1S/C14H19F2NO.ClH/c15-14(16)18-12-8-6-11(7-9-12)13(17)10-4-2-1-3-5-10;/h6-10,13-14H,1-5,17H2;1H/t13-;/m0./s1. The molecule has 0 spiro atoms. The lowest BCUT2D eigenvalue weighted by Gasteiger charge is -2.27. The minimum atomic E-state index is -2.78. The Labute approximate surface area is 118 Å². The van der Waals surface area contributed by atoms with Crippen LogP contribution in [0.5, 0.6) is 5.75 Å². The molecule has 1 atom stereocenters. The first-order valence-corrected chi connectivity index (χ1v) is 6.47. The summed E-state index contributed by atoms with van der Waals surface area (Å²) < 4.78 is 28.4. The van der Waals surface area contributed by atoms with Crippen LogP contribution < -0.4 is 10.5 Å². The maximum Gasteiger partial charge on any atom is 0.387 e. The predicted octanol–water partition coefficient (Wildman–Crippen LogP) is 4.29. The maximum absolute atomic E-state index is 12.0. The largest absolute Gasteiger partial charge is 0.435 e. The van der Waals surface area contributed by atoms with E-state index in [9.17, 15) is 8.78 Å². The summed E-state index contributed by atoms with van der Waals surface area (Å²) in [4.78, 5) is 0. The van der Waals surface area contributed by atoms with Crippen LogP contribution in [0.15, 0.2) is 24.3 Å². The molecular weight excluding hydrogens is 272 g/mol. The fraction of sp³-hybridized carbons (Fsp3) is 0.571. The molecule has 0 saturated heterocycles. The van der Waals surface area contributed by atoms with Crippen LogP contribution in [0.3, 0.4) is 0 Å². The van der Waals surface area contributed by atoms with Gasteiger partial charge >= 0.3 is 6.61 Å². The number of benzene rings is 1. The second kappa shape index (κ2) is 7.65. The summed E-state index contributed by atoms with van der Waals surface area (Å²) in [7, 11) is 0. The number of ether oxygens (including phenoxy) is 1. The van der Waals surface area contributed by atoms with Crippen LogP contribution in [-0.2, 0) is 0 Å². The van der Waals surface area contributed by atoms with Gasteiger partial charge in [-0.05, 0) is 36.5 Å². The minimum Gasteiger partial charge on any atom is -0.435 e. The summed E-state index contributed by atoms with van der Waals surface area (Å²) in [5.74, 6) is 0.699. The number of alkyl halides is 2. The van der Waals surface area contributed by atoms with E-state index in [1.165, 1.54) is 19.3 Å². The van der Waals surface area contributed by atoms with Crippen molar-refractivity contribution in [3.8, 4) is 5.75 Å². The Kier molecular flexibility index (Phi) is 6.52. The normalized spacial score (nSPS) is 17.9. The van der Waals surface area contributed by atoms with Gasteiger partial charge in [0.05, 0.1) is 0 Å². The molecule has 1 aromatic rings. The van der Waals surface area contributed by atoms with Gasteiger partial charge < -0.3 is 10.5 Å². The summed E-state index contributed by atoms with van der Waals surface area (Å²) in [5.41, 5.74) is 7.24. The number of rotatable bonds is 4. The van der Waals surface area contributed by atoms with Gasteiger partial charge in [-0.1, -0.05) is 31.4 Å². The average molecular weight is 292 g/mol. The van der Waals surface area contributed by atoms with E-state index < -0.39 is 6.61 Å². The van der Waals surface area contributed by atoms with Crippen LogP contribution in [0.1, 0.15) is 43.7 Å². The van der Waals surface area contributed by atoms with Crippen molar-refractivity contribution in [2.45, 2.75) is 44.8 Å². The van der Waals surface area contributed by atoms with Gasteiger partial charge in [-0.3, -0.25) is 0 Å². The van der Waals surface area contributed by atoms with Gasteiger partial charge in [0.2, 0.25) is 0 Å². The van der Waals surface area contributed by atoms with Gasteiger partial charge in [-0.2, -0.15) is 8.78 Å². The van der Waals surface area contributed by atoms with Crippen molar-refractivity contribution < 1.29 is 13.5 Å². The quantitative estimate of drug-likeness (QED) is 0.898. The van der Waals surface area contributed by atoms with Gasteiger partial charge in [-0.15, -0.1) is 12.4 Å². The van der Waals surface area contributed by atoms with E-state index in [4.69, 9.17) is 5.73 Å². The van der Waals surface area contributed by atoms with Crippen LogP contribution in [0.25, 0.3) is 0 Å². The van der Waals surface area contributed by atoms with E-state index in [0.717, 1.165) is 18.4 Å². The van der Waals surface area contributed by atoms with Crippen molar-refractivity contribution in [2.24, 2.45) is 11.7 Å². The number of hydrogen-bond donors (Lipinski definition) is 1. The lowest BCUT2D eigenvalue weighted by atomic mass is 9.81. The van der Waals surface area contributed by atoms with E-state index in [1.807, 2.05) is 0 Å². The van der Waals surface area contributed by atoms with E-state index in [2.05, 4.69) is 4.74 Å². The summed E-state index contributed by atoms with van der Waals surface area (Å²) in [6.07, 6.45) is 6.10. The highest BCUT2D eigenvalue weighted by Crippen LogP contribution is 2.33. The van der Waals surface area contributed by atoms with Crippen LogP contribution in [0, 0.1) is 5.92 Å². The van der Waals surface area contributed by atoms with Crippen LogP contribution in [0.2, 0.25) is 0 Å². The van der Waals surface area contributed by atoms with Crippen molar-refractivity contribution in [2.75, 3.05) is 0 Å². The van der Waals surface area contributed by atoms with Crippen LogP contribution in [-0.4, -0.2) is 6.61 Å². The molecule has 0 heterocycles. The molecule has 0 amide bonds. The number of hydrogen-bond acceptors (Lipinski definition) is 2. The van der Waals surface area contributed by atoms with Crippen molar-refractivity contribution in [1.82, 2.24) is 0 Å². The second-order valence-electron chi connectivity index (χ2n) is 4.87. The van der Waals surface area contributed by atoms with Crippen LogP contribution >= 0.6 is 12.4 Å². The average Bonchev–Trinajstić information content (AvgIpc) is 2.39. The topological polar surface area (TPSA) is 35.2 Å². The Hall–Kier alpha value is -0.870. The molecule has 0 aromatic heterocycles. The molecule has 2 nitrogen and oxygen atoms in total. The Morgan fingerprint density at radius 1 is 1.05 bits per heavy atom. The molecule has 2 N–H and O–H groups in total. The van der Waals surface area contributed by atoms with Gasteiger partial charge in [0, 0.05) is 6.04 Å². The van der Waals surface area contributed by atoms with Crippen molar-refractivity contribution in [3.63, 3.8) is 0 Å². The van der Waals surface area contributed by atoms with E-state index in [0.29, 0.717) is 5.92 Å². The lowest BCUT2D eigenvalue weighted by Crippen LogP contribution is -2.23. The predicted molar refractivity (Wildman–Crippen MR) is 73.8 cm³/mol. The highest BCUT2D eigenvalue weighted by Gasteiger charge is 2.21. The molecule has 1 aliphatic rings. The molecule has 0 aliphatic heterocycles. The lowest BCUT2D eigenvalue weighted by molar-refractivity contribution is -0.0498. The molecule has 1 aromatic carbocycles. The molecule has 1 aliphatic carbocycles. The van der Waals surface area contributed by atoms with Crippen molar-refractivity contribution >= 4 is 12.4 Å². The molecule has 5 heteroatoms. The molecule has 1 saturated carbocycles. The Balaban J connectivity index is 0.00000180. The Morgan fingerprint density at radius 3 is 2.16 bits per heavy atom. The molecule has 1 fully saturated rings. The SMILES string of the molecule is Cl.N[C@H](c1ccc(OC(F)F)cc1)C1CCCCC1. The monoisotopic (exact) mass is 291 g/mol. The third kappa shape index (κ3) is 4.62. The fourth-order valence-corrected chi connectivity index (χ4v) is 2.64. The first kappa shape index (κ1) is 16.2. The van der Waals surface area contributed by atoms with E-state index in [-0.39, 0.29) is 24.2 Å². The zero-order valence-corrected chi connectivity index (χ0v) is 11.5. The Bertz CT molecular complexity index is 366. The smallest absolute Gasteiger partial charge is 0.387 e. The Morgan fingerprint density at radius 2 is 1.63 bits per heavy atom. The van der Waals surface area contributed by atoms with E-state index in [1.54, 1.807) is 24.3 Å². The molecule has 0 unspecified atom stereocenters. The fourth-order valence-electron chi connectivity index (χ4n) is 2.64. The van der Waals surface area contributed by atoms with Crippen molar-refractivity contribution in [3.05, 3.63) is 29.8 Å². The summed E-state index contributed by atoms with van der Waals surface area (Å²) in [6, 6.07) is 6.70. The molecule has 0 bridgehead atoms. The zero-order chi connectivity index (χ0) is 13.0. The molecule has 19 heavy (non-hydrogen) atoms. The summed E-state index contributed by atoms with van der Waals surface area (Å²) in [6.45, 7) is -2.78. The molecule has 2 rings (SSSR count). The first-order chi connectivity index (χ1) is 8.66. The second-order valence-corrected chi connectivity index (χ2v) is 4.87. The van der Waals surface area contributed by atoms with Crippen LogP contribution in [0.4, 0.5) is 8.78 Å². The molecular formula is C14H20ClF2NO. The molecule has 0 radical (unpaired) electrons. The number of halogens is 3.